The summed E-state index contributed by atoms with van der Waals surface area (Å²) in [6, 6.07) is 14.9. The predicted molar refractivity (Wildman–Crippen MR) is 134 cm³/mol. The normalized spacial score (nSPS) is 20.1. The average Bonchev–Trinajstić information content (AvgIpc) is 3.16. The van der Waals surface area contributed by atoms with Gasteiger partial charge in [-0.2, -0.15) is 13.2 Å². The second-order valence-corrected chi connectivity index (χ2v) is 10.4. The number of ether oxygens (including phenoxy) is 1. The molecule has 2 heterocycles. The van der Waals surface area contributed by atoms with E-state index in [1.165, 1.54) is 49.1 Å². The van der Waals surface area contributed by atoms with Crippen molar-refractivity contribution in [3.63, 3.8) is 0 Å². The van der Waals surface area contributed by atoms with Crippen LogP contribution in [0, 0.1) is 19.7 Å². The summed E-state index contributed by atoms with van der Waals surface area (Å²) in [5, 5.41) is 0. The predicted octanol–water partition coefficient (Wildman–Crippen LogP) is 6.68. The first kappa shape index (κ1) is 25.7. The quantitative estimate of drug-likeness (QED) is 0.219. The van der Waals surface area contributed by atoms with Gasteiger partial charge in [0.2, 0.25) is 0 Å². The molecule has 0 spiro atoms. The molecule has 8 heteroatoms. The highest BCUT2D eigenvalue weighted by Crippen LogP contribution is 2.55. The molecule has 1 amide bonds. The van der Waals surface area contributed by atoms with E-state index >= 15 is 13.2 Å². The van der Waals surface area contributed by atoms with E-state index in [1.54, 1.807) is 26.0 Å². The molecular weight excluding hydrogens is 498 g/mol. The van der Waals surface area contributed by atoms with Crippen molar-refractivity contribution in [2.45, 2.75) is 51.2 Å². The molecule has 0 bridgehead atoms. The summed E-state index contributed by atoms with van der Waals surface area (Å²) in [6.07, 6.45) is -3.53. The maximum absolute atomic E-state index is 15.0. The van der Waals surface area contributed by atoms with Gasteiger partial charge in [-0.3, -0.25) is 4.79 Å². The lowest BCUT2D eigenvalue weighted by Crippen LogP contribution is -2.56. The van der Waals surface area contributed by atoms with Crippen LogP contribution in [0.2, 0.25) is 0 Å². The first-order chi connectivity index (χ1) is 17.8. The van der Waals surface area contributed by atoms with E-state index in [0.29, 0.717) is 12.0 Å². The van der Waals surface area contributed by atoms with Gasteiger partial charge in [0, 0.05) is 16.8 Å². The zero-order valence-electron chi connectivity index (χ0n) is 21.2. The van der Waals surface area contributed by atoms with Crippen LogP contribution < -0.4 is 4.74 Å². The molecule has 0 aromatic heterocycles. The number of carbonyl (C=O) groups excluding carboxylic acids is 2. The number of amides is 1. The topological polar surface area (TPSA) is 46.6 Å². The van der Waals surface area contributed by atoms with Gasteiger partial charge in [0.1, 0.15) is 11.6 Å². The molecule has 0 fully saturated rings. The number of alkyl halides is 3. The van der Waals surface area contributed by atoms with Crippen LogP contribution >= 0.6 is 0 Å². The van der Waals surface area contributed by atoms with Gasteiger partial charge < -0.3 is 9.64 Å². The van der Waals surface area contributed by atoms with Crippen molar-refractivity contribution in [2.75, 3.05) is 0 Å². The van der Waals surface area contributed by atoms with Crippen molar-refractivity contribution in [1.82, 2.24) is 4.90 Å². The van der Waals surface area contributed by atoms with E-state index < -0.39 is 34.8 Å². The smallest absolute Gasteiger partial charge is 0.410 e. The van der Waals surface area contributed by atoms with E-state index in [0.717, 1.165) is 17.7 Å². The third-order valence-electron chi connectivity index (χ3n) is 7.31. The molecule has 4 nitrogen and oxygen atoms in total. The molecule has 3 aromatic carbocycles. The number of benzene rings is 3. The second-order valence-electron chi connectivity index (χ2n) is 10.4. The van der Waals surface area contributed by atoms with Gasteiger partial charge in [-0.15, -0.1) is 0 Å². The monoisotopic (exact) mass is 523 g/mol. The molecule has 1 atom stereocenters. The van der Waals surface area contributed by atoms with E-state index in [9.17, 15) is 14.0 Å². The SMILES string of the molecule is Cc1cc(C2(C(F)(F)F)C=C3c4ccccc4CC(C)(C)N3C2=O)cc(C)c1OC(=O)c1ccccc1F. The summed E-state index contributed by atoms with van der Waals surface area (Å²) in [4.78, 5) is 27.7. The van der Waals surface area contributed by atoms with E-state index in [1.807, 2.05) is 12.1 Å². The fourth-order valence-electron chi connectivity index (χ4n) is 5.57. The number of nitrogens with zero attached hydrogens (tertiary/aromatic N) is 1. The fraction of sp³-hybridized carbons (Fsp3) is 0.267. The number of hydrogen-bond donors (Lipinski definition) is 0. The van der Waals surface area contributed by atoms with Crippen molar-refractivity contribution in [3.05, 3.63) is 106 Å². The van der Waals surface area contributed by atoms with Crippen molar-refractivity contribution in [3.8, 4) is 5.75 Å². The Labute approximate surface area is 217 Å². The summed E-state index contributed by atoms with van der Waals surface area (Å²) in [5.41, 5.74) is -2.27. The fourth-order valence-corrected chi connectivity index (χ4v) is 5.57. The number of esters is 1. The summed E-state index contributed by atoms with van der Waals surface area (Å²) in [7, 11) is 0. The van der Waals surface area contributed by atoms with Gasteiger partial charge in [0.05, 0.1) is 5.56 Å². The number of rotatable bonds is 3. The molecule has 0 radical (unpaired) electrons. The molecule has 5 rings (SSSR count). The third kappa shape index (κ3) is 3.73. The van der Waals surface area contributed by atoms with E-state index in [2.05, 4.69) is 0 Å². The number of hydrogen-bond acceptors (Lipinski definition) is 3. The van der Waals surface area contributed by atoms with Crippen LogP contribution in [0.25, 0.3) is 5.70 Å². The second kappa shape index (κ2) is 8.55. The Morgan fingerprint density at radius 1 is 0.974 bits per heavy atom. The number of halogens is 4. The van der Waals surface area contributed by atoms with Gasteiger partial charge >= 0.3 is 12.1 Å². The number of carbonyl (C=O) groups is 2. The van der Waals surface area contributed by atoms with Crippen LogP contribution in [0.15, 0.2) is 66.7 Å². The maximum atomic E-state index is 15.0. The van der Waals surface area contributed by atoms with Gasteiger partial charge in [0.25, 0.3) is 5.91 Å². The Kier molecular flexibility index (Phi) is 5.78. The van der Waals surface area contributed by atoms with Crippen LogP contribution in [-0.2, 0) is 16.6 Å². The van der Waals surface area contributed by atoms with Crippen LogP contribution in [-0.4, -0.2) is 28.5 Å². The molecule has 2 aliphatic rings. The van der Waals surface area contributed by atoms with Gasteiger partial charge in [-0.05, 0) is 74.6 Å². The molecular formula is C30H25F4NO3. The van der Waals surface area contributed by atoms with Crippen molar-refractivity contribution < 1.29 is 31.9 Å². The maximum Gasteiger partial charge on any atom is 0.410 e. The highest BCUT2D eigenvalue weighted by Gasteiger charge is 2.67. The highest BCUT2D eigenvalue weighted by molar-refractivity contribution is 6.05. The van der Waals surface area contributed by atoms with Crippen LogP contribution in [0.5, 0.6) is 5.75 Å². The Hall–Kier alpha value is -3.94. The van der Waals surface area contributed by atoms with Crippen molar-refractivity contribution in [2.24, 2.45) is 0 Å². The van der Waals surface area contributed by atoms with Crippen LogP contribution in [0.3, 0.4) is 0 Å². The molecule has 0 saturated heterocycles. The van der Waals surface area contributed by atoms with Crippen molar-refractivity contribution >= 4 is 17.6 Å². The molecule has 0 N–H and O–H groups in total. The first-order valence-corrected chi connectivity index (χ1v) is 12.1. The van der Waals surface area contributed by atoms with Crippen molar-refractivity contribution in [1.29, 1.82) is 0 Å². The van der Waals surface area contributed by atoms with Crippen LogP contribution in [0.4, 0.5) is 17.6 Å². The lowest BCUT2D eigenvalue weighted by atomic mass is 9.78. The summed E-state index contributed by atoms with van der Waals surface area (Å²) in [6.45, 7) is 6.49. The first-order valence-electron chi connectivity index (χ1n) is 12.1. The zero-order valence-corrected chi connectivity index (χ0v) is 21.2. The lowest BCUT2D eigenvalue weighted by Gasteiger charge is -2.43. The lowest BCUT2D eigenvalue weighted by molar-refractivity contribution is -0.187. The number of fused-ring (bicyclic) bond motifs is 3. The van der Waals surface area contributed by atoms with E-state index in [4.69, 9.17) is 4.74 Å². The highest BCUT2D eigenvalue weighted by atomic mass is 19.4. The van der Waals surface area contributed by atoms with Gasteiger partial charge in [-0.25, -0.2) is 9.18 Å². The average molecular weight is 524 g/mol. The Balaban J connectivity index is 1.65. The van der Waals surface area contributed by atoms with Gasteiger partial charge in [-0.1, -0.05) is 48.5 Å². The summed E-state index contributed by atoms with van der Waals surface area (Å²) in [5.74, 6) is -2.81. The van der Waals surface area contributed by atoms with Crippen LogP contribution in [0.1, 0.15) is 52.0 Å². The minimum atomic E-state index is -4.95. The Morgan fingerprint density at radius 3 is 2.21 bits per heavy atom. The largest absolute Gasteiger partial charge is 0.422 e. The molecule has 3 aromatic rings. The van der Waals surface area contributed by atoms with Gasteiger partial charge in [0.15, 0.2) is 5.41 Å². The molecule has 0 saturated carbocycles. The Bertz CT molecular complexity index is 1500. The number of aryl methyl sites for hydroxylation is 2. The standard InChI is InChI=1S/C30H25F4NO3/c1-17-13-20(14-18(2)25(17)38-26(36)22-11-7-8-12-23(22)31)29(30(32,33)34)16-24-21-10-6-5-9-19(21)15-28(3,4)35(24)27(29)37/h5-14,16H,15H2,1-4H3. The molecule has 0 aliphatic carbocycles. The molecule has 2 aliphatic heterocycles. The third-order valence-corrected chi connectivity index (χ3v) is 7.31. The van der Waals surface area contributed by atoms with E-state index in [-0.39, 0.29) is 33.7 Å². The summed E-state index contributed by atoms with van der Waals surface area (Å²) < 4.78 is 64.6. The molecule has 38 heavy (non-hydrogen) atoms. The summed E-state index contributed by atoms with van der Waals surface area (Å²) >= 11 is 0. The minimum Gasteiger partial charge on any atom is -0.422 e. The molecule has 1 unspecified atom stereocenters. The molecule has 196 valence electrons. The zero-order chi connectivity index (χ0) is 27.6. The minimum absolute atomic E-state index is 0.0147. The Morgan fingerprint density at radius 2 is 1.58 bits per heavy atom.